The predicted octanol–water partition coefficient (Wildman–Crippen LogP) is 2.63. The lowest BCUT2D eigenvalue weighted by Gasteiger charge is -2.34. The highest BCUT2D eigenvalue weighted by molar-refractivity contribution is 5.97. The lowest BCUT2D eigenvalue weighted by Crippen LogP contribution is -2.52. The van der Waals surface area contributed by atoms with Crippen molar-refractivity contribution in [3.8, 4) is 0 Å². The first-order chi connectivity index (χ1) is 11.6. The van der Waals surface area contributed by atoms with Crippen molar-refractivity contribution in [2.45, 2.75) is 12.8 Å². The highest BCUT2D eigenvalue weighted by Crippen LogP contribution is 2.17. The van der Waals surface area contributed by atoms with Crippen LogP contribution in [0.3, 0.4) is 0 Å². The van der Waals surface area contributed by atoms with Gasteiger partial charge in [0.05, 0.1) is 0 Å². The van der Waals surface area contributed by atoms with Gasteiger partial charge in [-0.15, -0.1) is 0 Å². The van der Waals surface area contributed by atoms with Crippen molar-refractivity contribution in [2.75, 3.05) is 24.5 Å². The van der Waals surface area contributed by atoms with Crippen molar-refractivity contribution in [1.82, 2.24) is 4.90 Å². The molecule has 1 saturated heterocycles. The van der Waals surface area contributed by atoms with Crippen LogP contribution in [-0.4, -0.2) is 36.3 Å². The summed E-state index contributed by atoms with van der Waals surface area (Å²) in [7, 11) is 0. The maximum atomic E-state index is 13.6. The Balaban J connectivity index is 1.56. The zero-order valence-corrected chi connectivity index (χ0v) is 13.3. The van der Waals surface area contributed by atoms with Gasteiger partial charge < -0.3 is 9.80 Å². The first-order valence-electron chi connectivity index (χ1n) is 8.02. The van der Waals surface area contributed by atoms with E-state index in [0.29, 0.717) is 25.1 Å². The molecule has 0 N–H and O–H groups in total. The van der Waals surface area contributed by atoms with Gasteiger partial charge in [-0.3, -0.25) is 9.59 Å². The molecule has 0 unspecified atom stereocenters. The van der Waals surface area contributed by atoms with E-state index >= 15 is 0 Å². The van der Waals surface area contributed by atoms with Crippen molar-refractivity contribution in [1.29, 1.82) is 0 Å². The summed E-state index contributed by atoms with van der Waals surface area (Å²) in [5.41, 5.74) is 1.38. The van der Waals surface area contributed by atoms with E-state index < -0.39 is 0 Å². The summed E-state index contributed by atoms with van der Waals surface area (Å²) in [4.78, 5) is 27.9. The molecule has 0 aromatic heterocycles. The Kier molecular flexibility index (Phi) is 4.89. The van der Waals surface area contributed by atoms with E-state index in [0.717, 1.165) is 5.69 Å². The SMILES string of the molecule is O=C(CCc1ccccc1F)N1CCN(c2ccccc2)C(=O)C1. The molecule has 2 aromatic carbocycles. The number of hydrogen-bond donors (Lipinski definition) is 0. The summed E-state index contributed by atoms with van der Waals surface area (Å²) in [5, 5.41) is 0. The molecule has 1 aliphatic rings. The molecule has 0 spiro atoms. The third-order valence-electron chi connectivity index (χ3n) is 4.21. The minimum Gasteiger partial charge on any atom is -0.332 e. The quantitative estimate of drug-likeness (QED) is 0.867. The highest BCUT2D eigenvalue weighted by Gasteiger charge is 2.27. The zero-order chi connectivity index (χ0) is 16.9. The van der Waals surface area contributed by atoms with Crippen LogP contribution < -0.4 is 4.90 Å². The number of benzene rings is 2. The van der Waals surface area contributed by atoms with Crippen molar-refractivity contribution in [3.05, 3.63) is 66.0 Å². The summed E-state index contributed by atoms with van der Waals surface area (Å²) in [6.45, 7) is 1.05. The summed E-state index contributed by atoms with van der Waals surface area (Å²) in [6, 6.07) is 15.9. The van der Waals surface area contributed by atoms with Gasteiger partial charge in [0.25, 0.3) is 0 Å². The van der Waals surface area contributed by atoms with Gasteiger partial charge in [-0.25, -0.2) is 4.39 Å². The van der Waals surface area contributed by atoms with Crippen molar-refractivity contribution >= 4 is 17.5 Å². The average Bonchev–Trinajstić information content (AvgIpc) is 2.61. The number of amides is 2. The number of para-hydroxylation sites is 1. The molecule has 124 valence electrons. The molecule has 0 aliphatic carbocycles. The minimum atomic E-state index is -0.296. The van der Waals surface area contributed by atoms with E-state index in [9.17, 15) is 14.0 Å². The number of anilines is 1. The molecule has 0 atom stereocenters. The largest absolute Gasteiger partial charge is 0.332 e. The van der Waals surface area contributed by atoms with Crippen LogP contribution in [0.5, 0.6) is 0 Å². The van der Waals surface area contributed by atoms with Crippen LogP contribution in [0.15, 0.2) is 54.6 Å². The lowest BCUT2D eigenvalue weighted by molar-refractivity contribution is -0.136. The fourth-order valence-electron chi connectivity index (χ4n) is 2.87. The number of carbonyl (C=O) groups excluding carboxylic acids is 2. The Bertz CT molecular complexity index is 733. The van der Waals surface area contributed by atoms with Crippen molar-refractivity contribution in [3.63, 3.8) is 0 Å². The fraction of sp³-hybridized carbons (Fsp3) is 0.263. The normalized spacial score (nSPS) is 14.8. The van der Waals surface area contributed by atoms with Crippen molar-refractivity contribution < 1.29 is 14.0 Å². The van der Waals surface area contributed by atoms with E-state index in [4.69, 9.17) is 0 Å². The van der Waals surface area contributed by atoms with E-state index in [1.54, 1.807) is 28.0 Å². The molecular weight excluding hydrogens is 307 g/mol. The number of aryl methyl sites for hydroxylation is 1. The number of carbonyl (C=O) groups is 2. The summed E-state index contributed by atoms with van der Waals surface area (Å²) in [6.07, 6.45) is 0.554. The Hall–Kier alpha value is -2.69. The second-order valence-electron chi connectivity index (χ2n) is 5.79. The third kappa shape index (κ3) is 3.62. The average molecular weight is 326 g/mol. The lowest BCUT2D eigenvalue weighted by atomic mass is 10.1. The van der Waals surface area contributed by atoms with Crippen LogP contribution in [0.1, 0.15) is 12.0 Å². The van der Waals surface area contributed by atoms with E-state index in [1.807, 2.05) is 30.3 Å². The molecular formula is C19H19FN2O2. The topological polar surface area (TPSA) is 40.6 Å². The molecule has 4 nitrogen and oxygen atoms in total. The van der Waals surface area contributed by atoms with E-state index in [1.165, 1.54) is 6.07 Å². The monoisotopic (exact) mass is 326 g/mol. The van der Waals surface area contributed by atoms with Crippen LogP contribution >= 0.6 is 0 Å². The van der Waals surface area contributed by atoms with Crippen LogP contribution in [-0.2, 0) is 16.0 Å². The number of piperazine rings is 1. The Morgan fingerprint density at radius 2 is 1.71 bits per heavy atom. The molecule has 3 rings (SSSR count). The Labute approximate surface area is 140 Å². The first kappa shape index (κ1) is 16.2. The molecule has 2 amide bonds. The molecule has 0 bridgehead atoms. The van der Waals surface area contributed by atoms with Gasteiger partial charge in [-0.1, -0.05) is 36.4 Å². The second-order valence-corrected chi connectivity index (χ2v) is 5.79. The van der Waals surface area contributed by atoms with Crippen LogP contribution in [0, 0.1) is 5.82 Å². The summed E-state index contributed by atoms with van der Waals surface area (Å²) >= 11 is 0. The first-order valence-corrected chi connectivity index (χ1v) is 8.02. The molecule has 1 aliphatic heterocycles. The molecule has 2 aromatic rings. The van der Waals surface area contributed by atoms with Gasteiger partial charge >= 0.3 is 0 Å². The van der Waals surface area contributed by atoms with Crippen molar-refractivity contribution in [2.24, 2.45) is 0 Å². The number of hydrogen-bond acceptors (Lipinski definition) is 2. The number of rotatable bonds is 4. The van der Waals surface area contributed by atoms with Gasteiger partial charge in [0, 0.05) is 25.2 Å². The van der Waals surface area contributed by atoms with Crippen LogP contribution in [0.2, 0.25) is 0 Å². The smallest absolute Gasteiger partial charge is 0.246 e. The molecule has 24 heavy (non-hydrogen) atoms. The fourth-order valence-corrected chi connectivity index (χ4v) is 2.87. The summed E-state index contributed by atoms with van der Waals surface area (Å²) in [5.74, 6) is -0.499. The molecule has 0 saturated carbocycles. The zero-order valence-electron chi connectivity index (χ0n) is 13.3. The van der Waals surface area contributed by atoms with E-state index in [-0.39, 0.29) is 30.6 Å². The maximum absolute atomic E-state index is 13.6. The van der Waals surface area contributed by atoms with Gasteiger partial charge in [0.1, 0.15) is 12.4 Å². The Morgan fingerprint density at radius 1 is 1.00 bits per heavy atom. The van der Waals surface area contributed by atoms with Gasteiger partial charge in [0.15, 0.2) is 0 Å². The molecule has 1 fully saturated rings. The maximum Gasteiger partial charge on any atom is 0.246 e. The van der Waals surface area contributed by atoms with Crippen LogP contribution in [0.4, 0.5) is 10.1 Å². The van der Waals surface area contributed by atoms with Gasteiger partial charge in [-0.05, 0) is 30.2 Å². The molecule has 0 radical (unpaired) electrons. The highest BCUT2D eigenvalue weighted by atomic mass is 19.1. The third-order valence-corrected chi connectivity index (χ3v) is 4.21. The van der Waals surface area contributed by atoms with Gasteiger partial charge in [-0.2, -0.15) is 0 Å². The second kappa shape index (κ2) is 7.25. The summed E-state index contributed by atoms with van der Waals surface area (Å²) < 4.78 is 13.6. The Morgan fingerprint density at radius 3 is 2.42 bits per heavy atom. The molecule has 5 heteroatoms. The number of nitrogens with zero attached hydrogens (tertiary/aromatic N) is 2. The molecule has 1 heterocycles. The minimum absolute atomic E-state index is 0.0744. The number of halogens is 1. The van der Waals surface area contributed by atoms with Gasteiger partial charge in [0.2, 0.25) is 11.8 Å². The predicted molar refractivity (Wildman–Crippen MR) is 90.1 cm³/mol. The van der Waals surface area contributed by atoms with E-state index in [2.05, 4.69) is 0 Å². The van der Waals surface area contributed by atoms with Crippen LogP contribution in [0.25, 0.3) is 0 Å². The standard InChI is InChI=1S/C19H19FN2O2/c20-17-9-5-4-6-15(17)10-11-18(23)21-12-13-22(19(24)14-21)16-7-2-1-3-8-16/h1-9H,10-14H2.